The molecular formula is C9H12O3. The number of Topliss-reactive ketones (excluding diaryl/α,β-unsaturated/α-hetero) is 1. The van der Waals surface area contributed by atoms with Crippen molar-refractivity contribution in [1.82, 2.24) is 0 Å². The van der Waals surface area contributed by atoms with Crippen molar-refractivity contribution in [2.45, 2.75) is 19.3 Å². The van der Waals surface area contributed by atoms with Crippen LogP contribution in [-0.2, 0) is 14.3 Å². The Balaban J connectivity index is 2.42. The Morgan fingerprint density at radius 2 is 2.33 bits per heavy atom. The number of allylic oxidation sites excluding steroid dienone is 1. The number of methoxy groups -OCH3 is 1. The third kappa shape index (κ3) is 1.94. The lowest BCUT2D eigenvalue weighted by Crippen LogP contribution is -2.07. The van der Waals surface area contributed by atoms with Crippen molar-refractivity contribution in [3.05, 3.63) is 12.2 Å². The van der Waals surface area contributed by atoms with Gasteiger partial charge in [-0.1, -0.05) is 6.58 Å². The van der Waals surface area contributed by atoms with Crippen LogP contribution in [0, 0.1) is 5.92 Å². The van der Waals surface area contributed by atoms with Crippen LogP contribution in [0.1, 0.15) is 19.3 Å². The lowest BCUT2D eigenvalue weighted by molar-refractivity contribution is -0.141. The number of ether oxygens (including phenoxy) is 1. The lowest BCUT2D eigenvalue weighted by atomic mass is 10.0. The van der Waals surface area contributed by atoms with Crippen molar-refractivity contribution in [2.75, 3.05) is 7.11 Å². The molecule has 1 unspecified atom stereocenters. The smallest absolute Gasteiger partial charge is 0.305 e. The number of rotatable bonds is 2. The summed E-state index contributed by atoms with van der Waals surface area (Å²) >= 11 is 0. The topological polar surface area (TPSA) is 43.4 Å². The Bertz CT molecular complexity index is 214. The first-order valence-corrected chi connectivity index (χ1v) is 3.91. The monoisotopic (exact) mass is 168 g/mol. The zero-order valence-corrected chi connectivity index (χ0v) is 7.13. The van der Waals surface area contributed by atoms with Gasteiger partial charge in [0.15, 0.2) is 5.78 Å². The molecule has 3 heteroatoms. The van der Waals surface area contributed by atoms with E-state index in [1.54, 1.807) is 0 Å². The van der Waals surface area contributed by atoms with Gasteiger partial charge < -0.3 is 4.74 Å². The minimum absolute atomic E-state index is 0.0869. The highest BCUT2D eigenvalue weighted by atomic mass is 16.5. The second-order valence-corrected chi connectivity index (χ2v) is 3.08. The van der Waals surface area contributed by atoms with Crippen molar-refractivity contribution in [3.63, 3.8) is 0 Å². The fourth-order valence-corrected chi connectivity index (χ4v) is 1.40. The van der Waals surface area contributed by atoms with Crippen molar-refractivity contribution in [3.8, 4) is 0 Å². The summed E-state index contributed by atoms with van der Waals surface area (Å²) in [6.07, 6.45) is 1.43. The number of esters is 1. The molecule has 0 saturated heterocycles. The Morgan fingerprint density at radius 3 is 2.75 bits per heavy atom. The third-order valence-electron chi connectivity index (χ3n) is 2.09. The SMILES string of the molecule is C=C1CC(CC(=O)OC)CC1=O. The summed E-state index contributed by atoms with van der Waals surface area (Å²) in [5.41, 5.74) is 0.643. The van der Waals surface area contributed by atoms with Gasteiger partial charge in [0.05, 0.1) is 7.11 Å². The summed E-state index contributed by atoms with van der Waals surface area (Å²) in [5, 5.41) is 0. The molecule has 1 aliphatic rings. The Morgan fingerprint density at radius 1 is 1.67 bits per heavy atom. The first kappa shape index (κ1) is 8.97. The van der Waals surface area contributed by atoms with Crippen LogP contribution >= 0.6 is 0 Å². The summed E-state index contributed by atoms with van der Waals surface area (Å²) in [5.74, 6) is -0.0381. The van der Waals surface area contributed by atoms with E-state index in [9.17, 15) is 9.59 Å². The summed E-state index contributed by atoms with van der Waals surface area (Å²) in [4.78, 5) is 21.8. The minimum atomic E-state index is -0.248. The quantitative estimate of drug-likeness (QED) is 0.458. The molecule has 0 aliphatic heterocycles. The maximum Gasteiger partial charge on any atom is 0.305 e. The molecule has 3 nitrogen and oxygen atoms in total. The van der Waals surface area contributed by atoms with E-state index in [0.29, 0.717) is 24.8 Å². The van der Waals surface area contributed by atoms with E-state index in [1.807, 2.05) is 0 Å². The van der Waals surface area contributed by atoms with Crippen LogP contribution in [-0.4, -0.2) is 18.9 Å². The van der Waals surface area contributed by atoms with Crippen LogP contribution in [0.5, 0.6) is 0 Å². The average Bonchev–Trinajstić information content (AvgIpc) is 2.31. The highest BCUT2D eigenvalue weighted by Crippen LogP contribution is 2.28. The third-order valence-corrected chi connectivity index (χ3v) is 2.09. The largest absolute Gasteiger partial charge is 0.469 e. The van der Waals surface area contributed by atoms with E-state index in [2.05, 4.69) is 11.3 Å². The number of ketones is 1. The van der Waals surface area contributed by atoms with Gasteiger partial charge in [0.1, 0.15) is 0 Å². The summed E-state index contributed by atoms with van der Waals surface area (Å²) < 4.78 is 4.50. The number of carbonyl (C=O) groups is 2. The molecule has 1 saturated carbocycles. The van der Waals surface area contributed by atoms with Crippen LogP contribution < -0.4 is 0 Å². The number of hydrogen-bond acceptors (Lipinski definition) is 3. The molecule has 66 valence electrons. The Labute approximate surface area is 71.4 Å². The van der Waals surface area contributed by atoms with Gasteiger partial charge in [0.2, 0.25) is 0 Å². The zero-order chi connectivity index (χ0) is 9.14. The Hall–Kier alpha value is -1.12. The first-order valence-electron chi connectivity index (χ1n) is 3.91. The van der Waals surface area contributed by atoms with Gasteiger partial charge in [-0.2, -0.15) is 0 Å². The Kier molecular flexibility index (Phi) is 2.63. The van der Waals surface area contributed by atoms with Gasteiger partial charge in [0.25, 0.3) is 0 Å². The molecule has 0 bridgehead atoms. The van der Waals surface area contributed by atoms with E-state index in [4.69, 9.17) is 0 Å². The summed E-state index contributed by atoms with van der Waals surface area (Å²) in [7, 11) is 1.36. The van der Waals surface area contributed by atoms with Gasteiger partial charge in [-0.15, -0.1) is 0 Å². The summed E-state index contributed by atoms with van der Waals surface area (Å²) in [6, 6.07) is 0. The fraction of sp³-hybridized carbons (Fsp3) is 0.556. The molecule has 1 atom stereocenters. The molecule has 0 spiro atoms. The van der Waals surface area contributed by atoms with E-state index < -0.39 is 0 Å². The lowest BCUT2D eigenvalue weighted by Gasteiger charge is -2.03. The van der Waals surface area contributed by atoms with Crippen LogP contribution in [0.2, 0.25) is 0 Å². The molecule has 0 aromatic heterocycles. The highest BCUT2D eigenvalue weighted by Gasteiger charge is 2.27. The van der Waals surface area contributed by atoms with Gasteiger partial charge in [0, 0.05) is 12.8 Å². The summed E-state index contributed by atoms with van der Waals surface area (Å²) in [6.45, 7) is 3.62. The second kappa shape index (κ2) is 3.52. The molecule has 0 heterocycles. The normalized spacial score (nSPS) is 22.9. The van der Waals surface area contributed by atoms with E-state index in [-0.39, 0.29) is 17.7 Å². The molecule has 0 amide bonds. The molecule has 1 fully saturated rings. The predicted molar refractivity (Wildman–Crippen MR) is 43.5 cm³/mol. The molecule has 1 aliphatic carbocycles. The zero-order valence-electron chi connectivity index (χ0n) is 7.13. The van der Waals surface area contributed by atoms with E-state index >= 15 is 0 Å². The van der Waals surface area contributed by atoms with Crippen molar-refractivity contribution in [1.29, 1.82) is 0 Å². The molecule has 0 aromatic rings. The van der Waals surface area contributed by atoms with E-state index in [1.165, 1.54) is 7.11 Å². The highest BCUT2D eigenvalue weighted by molar-refractivity contribution is 5.97. The van der Waals surface area contributed by atoms with E-state index in [0.717, 1.165) is 0 Å². The molecule has 0 N–H and O–H groups in total. The fourth-order valence-electron chi connectivity index (χ4n) is 1.40. The van der Waals surface area contributed by atoms with Crippen LogP contribution in [0.3, 0.4) is 0 Å². The van der Waals surface area contributed by atoms with Crippen molar-refractivity contribution < 1.29 is 14.3 Å². The minimum Gasteiger partial charge on any atom is -0.469 e. The van der Waals surface area contributed by atoms with Gasteiger partial charge in [-0.05, 0) is 17.9 Å². The molecule has 12 heavy (non-hydrogen) atoms. The van der Waals surface area contributed by atoms with Crippen molar-refractivity contribution in [2.24, 2.45) is 5.92 Å². The molecule has 1 rings (SSSR count). The predicted octanol–water partition coefficient (Wildman–Crippen LogP) is 1.08. The van der Waals surface area contributed by atoms with Crippen molar-refractivity contribution >= 4 is 11.8 Å². The van der Waals surface area contributed by atoms with Crippen LogP contribution in [0.15, 0.2) is 12.2 Å². The maximum absolute atomic E-state index is 11.0. The van der Waals surface area contributed by atoms with Gasteiger partial charge in [-0.25, -0.2) is 0 Å². The molecule has 0 radical (unpaired) electrons. The second-order valence-electron chi connectivity index (χ2n) is 3.08. The molecular weight excluding hydrogens is 156 g/mol. The maximum atomic E-state index is 11.0. The van der Waals surface area contributed by atoms with Gasteiger partial charge in [-0.3, -0.25) is 9.59 Å². The first-order chi connectivity index (χ1) is 5.63. The van der Waals surface area contributed by atoms with Crippen LogP contribution in [0.4, 0.5) is 0 Å². The number of hydrogen-bond donors (Lipinski definition) is 0. The van der Waals surface area contributed by atoms with Crippen LogP contribution in [0.25, 0.3) is 0 Å². The van der Waals surface area contributed by atoms with Gasteiger partial charge >= 0.3 is 5.97 Å². The molecule has 0 aromatic carbocycles. The average molecular weight is 168 g/mol. The standard InChI is InChI=1S/C9H12O3/c1-6-3-7(4-8(6)10)5-9(11)12-2/h7H,1,3-5H2,2H3. The number of carbonyl (C=O) groups excluding carboxylic acids is 2.